The Morgan fingerprint density at radius 3 is 2.50 bits per heavy atom. The van der Waals surface area contributed by atoms with Crippen molar-refractivity contribution in [3.63, 3.8) is 0 Å². The number of methoxy groups -OCH3 is 1. The van der Waals surface area contributed by atoms with Crippen LogP contribution < -0.4 is 10.5 Å². The molecule has 4 nitrogen and oxygen atoms in total. The first kappa shape index (κ1) is 14.7. The van der Waals surface area contributed by atoms with Crippen LogP contribution >= 0.6 is 11.6 Å². The van der Waals surface area contributed by atoms with Gasteiger partial charge >= 0.3 is 0 Å². The molecule has 3 rings (SSSR count). The summed E-state index contributed by atoms with van der Waals surface area (Å²) in [6.45, 7) is 0. The molecular weight excluding hydrogens is 305 g/mol. The van der Waals surface area contributed by atoms with Gasteiger partial charge in [-0.15, -0.1) is 5.10 Å². The minimum atomic E-state index is -0.542. The molecular formula is C16H13ClFN3O. The van der Waals surface area contributed by atoms with Crippen molar-refractivity contribution in [2.75, 3.05) is 7.11 Å². The SMILES string of the molecule is COc1ccc(C(N)c2nnc(Cl)c3ccc(F)cc23)cc1. The molecule has 2 N–H and O–H groups in total. The molecule has 3 aromatic rings. The molecule has 0 saturated heterocycles. The Hall–Kier alpha value is -2.24. The van der Waals surface area contributed by atoms with Gasteiger partial charge in [0.05, 0.1) is 18.8 Å². The van der Waals surface area contributed by atoms with Crippen molar-refractivity contribution < 1.29 is 9.13 Å². The first-order valence-electron chi connectivity index (χ1n) is 6.61. The molecule has 6 heteroatoms. The lowest BCUT2D eigenvalue weighted by molar-refractivity contribution is 0.414. The van der Waals surface area contributed by atoms with E-state index in [9.17, 15) is 4.39 Å². The highest BCUT2D eigenvalue weighted by Crippen LogP contribution is 2.29. The van der Waals surface area contributed by atoms with Crippen LogP contribution in [0.3, 0.4) is 0 Å². The summed E-state index contributed by atoms with van der Waals surface area (Å²) in [5.74, 6) is 0.355. The normalized spacial score (nSPS) is 12.4. The van der Waals surface area contributed by atoms with Crippen molar-refractivity contribution in [1.82, 2.24) is 10.2 Å². The van der Waals surface area contributed by atoms with Gasteiger partial charge in [0.2, 0.25) is 0 Å². The molecule has 1 unspecified atom stereocenters. The van der Waals surface area contributed by atoms with Gasteiger partial charge in [0.15, 0.2) is 5.15 Å². The Labute approximate surface area is 131 Å². The van der Waals surface area contributed by atoms with E-state index in [4.69, 9.17) is 22.1 Å². The molecule has 1 atom stereocenters. The second kappa shape index (κ2) is 5.87. The monoisotopic (exact) mass is 317 g/mol. The predicted molar refractivity (Wildman–Crippen MR) is 83.5 cm³/mol. The Balaban J connectivity index is 2.12. The summed E-state index contributed by atoms with van der Waals surface area (Å²) >= 11 is 6.02. The maximum atomic E-state index is 13.6. The van der Waals surface area contributed by atoms with E-state index in [-0.39, 0.29) is 11.0 Å². The summed E-state index contributed by atoms with van der Waals surface area (Å²) in [5.41, 5.74) is 7.56. The van der Waals surface area contributed by atoms with Crippen LogP contribution in [0.5, 0.6) is 5.75 Å². The Morgan fingerprint density at radius 2 is 1.82 bits per heavy atom. The van der Waals surface area contributed by atoms with Crippen molar-refractivity contribution in [2.24, 2.45) is 5.73 Å². The minimum absolute atomic E-state index is 0.223. The van der Waals surface area contributed by atoms with Gasteiger partial charge in [-0.3, -0.25) is 0 Å². The molecule has 0 radical (unpaired) electrons. The first-order chi connectivity index (χ1) is 10.6. The van der Waals surface area contributed by atoms with E-state index >= 15 is 0 Å². The zero-order valence-corrected chi connectivity index (χ0v) is 12.5. The number of hydrogen-bond acceptors (Lipinski definition) is 4. The van der Waals surface area contributed by atoms with E-state index in [1.165, 1.54) is 12.1 Å². The van der Waals surface area contributed by atoms with Gasteiger partial charge in [-0.2, -0.15) is 5.10 Å². The molecule has 1 heterocycles. The third kappa shape index (κ3) is 2.61. The smallest absolute Gasteiger partial charge is 0.159 e. The standard InChI is InChI=1S/C16H13ClFN3O/c1-22-11-5-2-9(3-6-11)14(19)15-13-8-10(18)4-7-12(13)16(17)21-20-15/h2-8,14H,19H2,1H3. The maximum Gasteiger partial charge on any atom is 0.159 e. The van der Waals surface area contributed by atoms with Crippen LogP contribution in [0, 0.1) is 5.82 Å². The number of hydrogen-bond donors (Lipinski definition) is 1. The molecule has 0 fully saturated rings. The zero-order chi connectivity index (χ0) is 15.7. The Kier molecular flexibility index (Phi) is 3.92. The van der Waals surface area contributed by atoms with Crippen LogP contribution in [0.25, 0.3) is 10.8 Å². The van der Waals surface area contributed by atoms with Gasteiger partial charge < -0.3 is 10.5 Å². The third-order valence-corrected chi connectivity index (χ3v) is 3.77. The summed E-state index contributed by atoms with van der Waals surface area (Å²) in [6.07, 6.45) is 0. The molecule has 0 amide bonds. The highest BCUT2D eigenvalue weighted by molar-refractivity contribution is 6.34. The van der Waals surface area contributed by atoms with E-state index in [0.29, 0.717) is 16.5 Å². The molecule has 2 aromatic carbocycles. The Bertz CT molecular complexity index is 823. The molecule has 0 spiro atoms. The lowest BCUT2D eigenvalue weighted by Gasteiger charge is -2.14. The lowest BCUT2D eigenvalue weighted by atomic mass is 10.00. The largest absolute Gasteiger partial charge is 0.497 e. The van der Waals surface area contributed by atoms with Crippen molar-refractivity contribution in [3.05, 3.63) is 64.7 Å². The van der Waals surface area contributed by atoms with Crippen molar-refractivity contribution in [2.45, 2.75) is 6.04 Å². The number of benzene rings is 2. The average molecular weight is 318 g/mol. The quantitative estimate of drug-likeness (QED) is 0.803. The van der Waals surface area contributed by atoms with E-state index in [1.807, 2.05) is 12.1 Å². The van der Waals surface area contributed by atoms with Gasteiger partial charge in [-0.1, -0.05) is 23.7 Å². The molecule has 0 saturated carbocycles. The molecule has 0 bridgehead atoms. The van der Waals surface area contributed by atoms with Crippen molar-refractivity contribution in [3.8, 4) is 5.75 Å². The van der Waals surface area contributed by atoms with E-state index in [1.54, 1.807) is 25.3 Å². The van der Waals surface area contributed by atoms with Gasteiger partial charge in [0.1, 0.15) is 11.6 Å². The molecule has 0 aliphatic rings. The molecule has 0 aliphatic carbocycles. The van der Waals surface area contributed by atoms with Crippen LogP contribution in [-0.2, 0) is 0 Å². The topological polar surface area (TPSA) is 61.0 Å². The second-order valence-corrected chi connectivity index (χ2v) is 5.17. The average Bonchev–Trinajstić information content (AvgIpc) is 2.54. The number of aromatic nitrogens is 2. The lowest BCUT2D eigenvalue weighted by Crippen LogP contribution is -2.15. The maximum absolute atomic E-state index is 13.6. The summed E-state index contributed by atoms with van der Waals surface area (Å²) in [6, 6.07) is 11.0. The summed E-state index contributed by atoms with van der Waals surface area (Å²) < 4.78 is 18.7. The van der Waals surface area contributed by atoms with Crippen LogP contribution in [-0.4, -0.2) is 17.3 Å². The summed E-state index contributed by atoms with van der Waals surface area (Å²) in [5, 5.41) is 9.37. The fourth-order valence-corrected chi connectivity index (χ4v) is 2.52. The summed E-state index contributed by atoms with van der Waals surface area (Å²) in [4.78, 5) is 0. The number of nitrogens with zero attached hydrogens (tertiary/aromatic N) is 2. The van der Waals surface area contributed by atoms with Crippen molar-refractivity contribution >= 4 is 22.4 Å². The zero-order valence-electron chi connectivity index (χ0n) is 11.8. The minimum Gasteiger partial charge on any atom is -0.497 e. The number of ether oxygens (including phenoxy) is 1. The highest BCUT2D eigenvalue weighted by Gasteiger charge is 2.17. The van der Waals surface area contributed by atoms with Crippen LogP contribution in [0.15, 0.2) is 42.5 Å². The van der Waals surface area contributed by atoms with Gasteiger partial charge in [-0.05, 0) is 35.9 Å². The van der Waals surface area contributed by atoms with E-state index in [2.05, 4.69) is 10.2 Å². The molecule has 1 aromatic heterocycles. The summed E-state index contributed by atoms with van der Waals surface area (Å²) in [7, 11) is 1.59. The second-order valence-electron chi connectivity index (χ2n) is 4.82. The fraction of sp³-hybridized carbons (Fsp3) is 0.125. The fourth-order valence-electron chi connectivity index (χ4n) is 2.31. The highest BCUT2D eigenvalue weighted by atomic mass is 35.5. The van der Waals surface area contributed by atoms with Crippen LogP contribution in [0.4, 0.5) is 4.39 Å². The molecule has 22 heavy (non-hydrogen) atoms. The number of nitrogens with two attached hydrogens (primary N) is 1. The third-order valence-electron chi connectivity index (χ3n) is 3.49. The van der Waals surface area contributed by atoms with Crippen LogP contribution in [0.2, 0.25) is 5.15 Å². The Morgan fingerprint density at radius 1 is 1.09 bits per heavy atom. The number of halogens is 2. The van der Waals surface area contributed by atoms with E-state index < -0.39 is 6.04 Å². The predicted octanol–water partition coefficient (Wildman–Crippen LogP) is 3.48. The first-order valence-corrected chi connectivity index (χ1v) is 6.99. The number of fused-ring (bicyclic) bond motifs is 1. The van der Waals surface area contributed by atoms with Gasteiger partial charge in [-0.25, -0.2) is 4.39 Å². The molecule has 112 valence electrons. The van der Waals surface area contributed by atoms with Crippen LogP contribution in [0.1, 0.15) is 17.3 Å². The van der Waals surface area contributed by atoms with Crippen molar-refractivity contribution in [1.29, 1.82) is 0 Å². The van der Waals surface area contributed by atoms with Gasteiger partial charge in [0.25, 0.3) is 0 Å². The van der Waals surface area contributed by atoms with Gasteiger partial charge in [0, 0.05) is 10.8 Å². The van der Waals surface area contributed by atoms with E-state index in [0.717, 1.165) is 11.3 Å². The number of rotatable bonds is 3. The molecule has 0 aliphatic heterocycles.